The third-order valence-corrected chi connectivity index (χ3v) is 4.55. The molecule has 0 saturated carbocycles. The number of hydrogen-bond donors (Lipinski definition) is 3. The SMILES string of the molecule is CNC(=O)Nc1ncc(-c2nc(NC)nc(N3CCOCC3C)n2)s1. The zero-order valence-corrected chi connectivity index (χ0v) is 15.1. The predicted molar refractivity (Wildman–Crippen MR) is 96.2 cm³/mol. The number of morpholine rings is 1. The lowest BCUT2D eigenvalue weighted by molar-refractivity contribution is 0.0981. The fourth-order valence-electron chi connectivity index (χ4n) is 2.33. The average Bonchev–Trinajstić information content (AvgIpc) is 3.10. The van der Waals surface area contributed by atoms with Crippen LogP contribution in [0, 0.1) is 0 Å². The van der Waals surface area contributed by atoms with Crippen molar-refractivity contribution >= 4 is 34.4 Å². The van der Waals surface area contributed by atoms with E-state index < -0.39 is 0 Å². The van der Waals surface area contributed by atoms with Gasteiger partial charge in [0, 0.05) is 20.6 Å². The first-order chi connectivity index (χ1) is 12.1. The molecule has 134 valence electrons. The highest BCUT2D eigenvalue weighted by atomic mass is 32.1. The lowest BCUT2D eigenvalue weighted by Gasteiger charge is -2.33. The van der Waals surface area contributed by atoms with Crippen molar-refractivity contribution in [3.8, 4) is 10.7 Å². The van der Waals surface area contributed by atoms with E-state index >= 15 is 0 Å². The molecule has 0 radical (unpaired) electrons. The highest BCUT2D eigenvalue weighted by Crippen LogP contribution is 2.28. The number of aromatic nitrogens is 4. The van der Waals surface area contributed by atoms with Gasteiger partial charge in [0.1, 0.15) is 0 Å². The van der Waals surface area contributed by atoms with E-state index in [1.807, 2.05) is 0 Å². The summed E-state index contributed by atoms with van der Waals surface area (Å²) < 4.78 is 5.47. The van der Waals surface area contributed by atoms with Gasteiger partial charge in [-0.25, -0.2) is 9.78 Å². The predicted octanol–water partition coefficient (Wildman–Crippen LogP) is 1.01. The highest BCUT2D eigenvalue weighted by molar-refractivity contribution is 7.19. The van der Waals surface area contributed by atoms with Crippen molar-refractivity contribution < 1.29 is 9.53 Å². The topological polar surface area (TPSA) is 117 Å². The maximum Gasteiger partial charge on any atom is 0.320 e. The van der Waals surface area contributed by atoms with E-state index in [0.717, 1.165) is 11.4 Å². The molecule has 0 spiro atoms. The number of thiazole rings is 1. The first kappa shape index (κ1) is 17.3. The second-order valence-electron chi connectivity index (χ2n) is 5.38. The third-order valence-electron chi connectivity index (χ3n) is 3.65. The molecule has 3 rings (SSSR count). The van der Waals surface area contributed by atoms with Crippen LogP contribution in [0.2, 0.25) is 0 Å². The van der Waals surface area contributed by atoms with Crippen molar-refractivity contribution in [1.29, 1.82) is 0 Å². The normalized spacial score (nSPS) is 17.2. The first-order valence-electron chi connectivity index (χ1n) is 7.84. The smallest absolute Gasteiger partial charge is 0.320 e. The Hall–Kier alpha value is -2.53. The molecule has 2 amide bonds. The van der Waals surface area contributed by atoms with Gasteiger partial charge in [-0.1, -0.05) is 11.3 Å². The standard InChI is InChI=1S/C14H20N8O2S/c1-8-7-24-5-4-22(8)12-19-10(18-11(15-2)20-12)9-6-17-14(25-9)21-13(23)16-3/h6,8H,4-5,7H2,1-3H3,(H,15,18,19,20)(H2,16,17,21,23). The fraction of sp³-hybridized carbons (Fsp3) is 0.500. The van der Waals surface area contributed by atoms with Crippen LogP contribution in [-0.2, 0) is 4.74 Å². The van der Waals surface area contributed by atoms with Gasteiger partial charge in [0.15, 0.2) is 11.0 Å². The minimum Gasteiger partial charge on any atom is -0.377 e. The second-order valence-corrected chi connectivity index (χ2v) is 6.41. The lowest BCUT2D eigenvalue weighted by Crippen LogP contribution is -2.44. The molecule has 10 nitrogen and oxygen atoms in total. The molecule has 3 heterocycles. The Morgan fingerprint density at radius 1 is 1.36 bits per heavy atom. The summed E-state index contributed by atoms with van der Waals surface area (Å²) in [6, 6.07) is -0.143. The average molecular weight is 364 g/mol. The van der Waals surface area contributed by atoms with Crippen LogP contribution in [0.15, 0.2) is 6.20 Å². The zero-order valence-electron chi connectivity index (χ0n) is 14.2. The fourth-order valence-corrected chi connectivity index (χ4v) is 3.08. The maximum absolute atomic E-state index is 11.4. The van der Waals surface area contributed by atoms with Crippen LogP contribution in [-0.4, -0.2) is 65.9 Å². The molecule has 1 unspecified atom stereocenters. The molecule has 0 bridgehead atoms. The number of carbonyl (C=O) groups is 1. The van der Waals surface area contributed by atoms with E-state index in [1.54, 1.807) is 20.3 Å². The van der Waals surface area contributed by atoms with Gasteiger partial charge in [0.25, 0.3) is 0 Å². The summed E-state index contributed by atoms with van der Waals surface area (Å²) in [5, 5.41) is 8.56. The molecule has 1 atom stereocenters. The Morgan fingerprint density at radius 3 is 2.92 bits per heavy atom. The van der Waals surface area contributed by atoms with Crippen molar-refractivity contribution in [1.82, 2.24) is 25.3 Å². The number of nitrogens with one attached hydrogen (secondary N) is 3. The molecule has 1 aliphatic rings. The van der Waals surface area contributed by atoms with E-state index in [-0.39, 0.29) is 12.1 Å². The molecule has 1 fully saturated rings. The van der Waals surface area contributed by atoms with Crippen LogP contribution in [0.5, 0.6) is 0 Å². The van der Waals surface area contributed by atoms with Gasteiger partial charge >= 0.3 is 6.03 Å². The van der Waals surface area contributed by atoms with Gasteiger partial charge < -0.3 is 20.3 Å². The van der Waals surface area contributed by atoms with Crippen LogP contribution in [0.3, 0.4) is 0 Å². The van der Waals surface area contributed by atoms with Crippen molar-refractivity contribution in [3.05, 3.63) is 6.20 Å². The number of urea groups is 1. The van der Waals surface area contributed by atoms with E-state index in [0.29, 0.717) is 36.1 Å². The molecule has 2 aromatic heterocycles. The van der Waals surface area contributed by atoms with Gasteiger partial charge in [-0.05, 0) is 6.92 Å². The van der Waals surface area contributed by atoms with Crippen molar-refractivity contribution in [2.24, 2.45) is 0 Å². The summed E-state index contributed by atoms with van der Waals surface area (Å²) in [5.41, 5.74) is 0. The van der Waals surface area contributed by atoms with Gasteiger partial charge in [-0.3, -0.25) is 5.32 Å². The molecule has 25 heavy (non-hydrogen) atoms. The van der Waals surface area contributed by atoms with E-state index in [1.165, 1.54) is 11.3 Å². The Morgan fingerprint density at radius 2 is 2.20 bits per heavy atom. The molecular formula is C14H20N8O2S. The van der Waals surface area contributed by atoms with Crippen LogP contribution in [0.1, 0.15) is 6.92 Å². The highest BCUT2D eigenvalue weighted by Gasteiger charge is 2.23. The molecule has 11 heteroatoms. The summed E-state index contributed by atoms with van der Waals surface area (Å²) in [6.45, 7) is 4.07. The van der Waals surface area contributed by atoms with E-state index in [2.05, 4.69) is 47.7 Å². The lowest BCUT2D eigenvalue weighted by atomic mass is 10.3. The zero-order chi connectivity index (χ0) is 17.8. The minimum atomic E-state index is -0.324. The number of anilines is 3. The molecule has 0 aliphatic carbocycles. The van der Waals surface area contributed by atoms with Crippen LogP contribution in [0.25, 0.3) is 10.7 Å². The van der Waals surface area contributed by atoms with Crippen molar-refractivity contribution in [2.75, 3.05) is 49.4 Å². The molecule has 2 aromatic rings. The van der Waals surface area contributed by atoms with Gasteiger partial charge in [0.2, 0.25) is 11.9 Å². The second kappa shape index (κ2) is 7.57. The van der Waals surface area contributed by atoms with Crippen LogP contribution in [0.4, 0.5) is 21.8 Å². The quantitative estimate of drug-likeness (QED) is 0.736. The largest absolute Gasteiger partial charge is 0.377 e. The first-order valence-corrected chi connectivity index (χ1v) is 8.65. The Balaban J connectivity index is 1.90. The molecule has 0 aromatic carbocycles. The van der Waals surface area contributed by atoms with Gasteiger partial charge in [-0.15, -0.1) is 0 Å². The summed E-state index contributed by atoms with van der Waals surface area (Å²) in [7, 11) is 3.31. The molecule has 1 aliphatic heterocycles. The monoisotopic (exact) mass is 364 g/mol. The number of ether oxygens (including phenoxy) is 1. The van der Waals surface area contributed by atoms with Gasteiger partial charge in [-0.2, -0.15) is 15.0 Å². The number of nitrogens with zero attached hydrogens (tertiary/aromatic N) is 5. The molecule has 1 saturated heterocycles. The summed E-state index contributed by atoms with van der Waals surface area (Å²) in [5.74, 6) is 1.59. The van der Waals surface area contributed by atoms with Crippen molar-refractivity contribution in [3.63, 3.8) is 0 Å². The van der Waals surface area contributed by atoms with Gasteiger partial charge in [0.05, 0.1) is 30.3 Å². The Bertz CT molecular complexity index is 752. The minimum absolute atomic E-state index is 0.181. The number of carbonyl (C=O) groups excluding carboxylic acids is 1. The number of hydrogen-bond acceptors (Lipinski definition) is 9. The van der Waals surface area contributed by atoms with E-state index in [9.17, 15) is 4.79 Å². The Kier molecular flexibility index (Phi) is 5.24. The number of amides is 2. The van der Waals surface area contributed by atoms with Crippen molar-refractivity contribution in [2.45, 2.75) is 13.0 Å². The summed E-state index contributed by atoms with van der Waals surface area (Å²) >= 11 is 1.30. The molecule has 3 N–H and O–H groups in total. The summed E-state index contributed by atoms with van der Waals surface area (Å²) in [6.07, 6.45) is 1.64. The maximum atomic E-state index is 11.4. The van der Waals surface area contributed by atoms with Crippen LogP contribution >= 0.6 is 11.3 Å². The van der Waals surface area contributed by atoms with E-state index in [4.69, 9.17) is 4.74 Å². The Labute approximate surface area is 149 Å². The summed E-state index contributed by atoms with van der Waals surface area (Å²) in [4.78, 5) is 31.9. The number of rotatable bonds is 4. The van der Waals surface area contributed by atoms with Crippen LogP contribution < -0.4 is 20.9 Å². The third kappa shape index (κ3) is 3.94. The molecular weight excluding hydrogens is 344 g/mol.